The van der Waals surface area contributed by atoms with Crippen molar-refractivity contribution in [3.05, 3.63) is 77.0 Å². The Bertz CT molecular complexity index is 936. The predicted octanol–water partition coefficient (Wildman–Crippen LogP) is 5.04. The van der Waals surface area contributed by atoms with E-state index in [1.165, 1.54) is 0 Å². The number of rotatable bonds is 3. The molecule has 2 N–H and O–H groups in total. The number of hydrogen-bond donors (Lipinski definition) is 2. The molecule has 0 saturated carbocycles. The highest BCUT2D eigenvalue weighted by molar-refractivity contribution is 7.80. The largest absolute Gasteiger partial charge is 0.451 e. The molecule has 0 aliphatic heterocycles. The Labute approximate surface area is 155 Å². The van der Waals surface area contributed by atoms with Gasteiger partial charge in [-0.3, -0.25) is 10.1 Å². The van der Waals surface area contributed by atoms with E-state index >= 15 is 0 Å². The van der Waals surface area contributed by atoms with E-state index < -0.39 is 5.91 Å². The maximum Gasteiger partial charge on any atom is 0.293 e. The zero-order valence-electron chi connectivity index (χ0n) is 13.4. The smallest absolute Gasteiger partial charge is 0.293 e. The molecule has 0 aliphatic carbocycles. The molecule has 3 rings (SSSR count). The average Bonchev–Trinajstić information content (AvgIpc) is 3.07. The van der Waals surface area contributed by atoms with E-state index in [9.17, 15) is 4.79 Å². The standard InChI is InChI=1S/C19H15ClN2O2S/c1-12-6-2-5-9-15(12)21-19(25)22-18(23)17-11-10-16(24-17)13-7-3-4-8-14(13)20/h2-11H,1H3,(H2,21,22,23,25). The zero-order valence-corrected chi connectivity index (χ0v) is 14.9. The minimum Gasteiger partial charge on any atom is -0.451 e. The molecule has 0 spiro atoms. The fraction of sp³-hybridized carbons (Fsp3) is 0.0526. The van der Waals surface area contributed by atoms with Crippen LogP contribution in [0.15, 0.2) is 65.1 Å². The Morgan fingerprint density at radius 2 is 1.76 bits per heavy atom. The second-order valence-corrected chi connectivity index (χ2v) is 6.18. The van der Waals surface area contributed by atoms with Crippen molar-refractivity contribution >= 4 is 40.5 Å². The topological polar surface area (TPSA) is 54.3 Å². The van der Waals surface area contributed by atoms with Gasteiger partial charge in [0, 0.05) is 11.3 Å². The number of amides is 1. The zero-order chi connectivity index (χ0) is 17.8. The monoisotopic (exact) mass is 370 g/mol. The molecule has 0 radical (unpaired) electrons. The third-order valence-electron chi connectivity index (χ3n) is 3.59. The molecular weight excluding hydrogens is 356 g/mol. The number of thiocarbonyl (C=S) groups is 1. The third kappa shape index (κ3) is 4.07. The second kappa shape index (κ2) is 7.51. The molecule has 1 amide bonds. The number of para-hydroxylation sites is 1. The van der Waals surface area contributed by atoms with Crippen LogP contribution >= 0.6 is 23.8 Å². The molecule has 4 nitrogen and oxygen atoms in total. The van der Waals surface area contributed by atoms with Gasteiger partial charge < -0.3 is 9.73 Å². The van der Waals surface area contributed by atoms with Crippen LogP contribution in [0, 0.1) is 6.92 Å². The highest BCUT2D eigenvalue weighted by Gasteiger charge is 2.15. The molecule has 0 saturated heterocycles. The highest BCUT2D eigenvalue weighted by Crippen LogP contribution is 2.29. The first-order chi connectivity index (χ1) is 12.0. The summed E-state index contributed by atoms with van der Waals surface area (Å²) < 4.78 is 5.60. The van der Waals surface area contributed by atoms with E-state index in [1.54, 1.807) is 18.2 Å². The molecule has 0 bridgehead atoms. The number of halogens is 1. The number of nitrogens with one attached hydrogen (secondary N) is 2. The van der Waals surface area contributed by atoms with E-state index in [4.69, 9.17) is 28.2 Å². The van der Waals surface area contributed by atoms with Crippen molar-refractivity contribution < 1.29 is 9.21 Å². The molecule has 0 unspecified atom stereocenters. The molecular formula is C19H15ClN2O2S. The van der Waals surface area contributed by atoms with Crippen LogP contribution in [0.25, 0.3) is 11.3 Å². The van der Waals surface area contributed by atoms with Gasteiger partial charge in [-0.15, -0.1) is 0 Å². The van der Waals surface area contributed by atoms with Crippen molar-refractivity contribution in [3.8, 4) is 11.3 Å². The number of aryl methyl sites for hydroxylation is 1. The molecule has 6 heteroatoms. The van der Waals surface area contributed by atoms with Crippen LogP contribution in [0.3, 0.4) is 0 Å². The van der Waals surface area contributed by atoms with Crippen LogP contribution in [0.4, 0.5) is 5.69 Å². The molecule has 0 fully saturated rings. The third-order valence-corrected chi connectivity index (χ3v) is 4.12. The van der Waals surface area contributed by atoms with Crippen LogP contribution in [0.5, 0.6) is 0 Å². The normalized spacial score (nSPS) is 10.3. The van der Waals surface area contributed by atoms with Gasteiger partial charge in [-0.05, 0) is 55.0 Å². The lowest BCUT2D eigenvalue weighted by Gasteiger charge is -2.10. The first-order valence-electron chi connectivity index (χ1n) is 7.57. The minimum absolute atomic E-state index is 0.156. The first kappa shape index (κ1) is 17.2. The second-order valence-electron chi connectivity index (χ2n) is 5.37. The number of carbonyl (C=O) groups is 1. The summed E-state index contributed by atoms with van der Waals surface area (Å²) in [4.78, 5) is 12.3. The van der Waals surface area contributed by atoms with Gasteiger partial charge >= 0.3 is 0 Å². The number of benzene rings is 2. The van der Waals surface area contributed by atoms with E-state index in [0.717, 1.165) is 16.8 Å². The van der Waals surface area contributed by atoms with Crippen molar-refractivity contribution in [1.29, 1.82) is 0 Å². The van der Waals surface area contributed by atoms with E-state index in [0.29, 0.717) is 10.8 Å². The Morgan fingerprint density at radius 1 is 1.04 bits per heavy atom. The highest BCUT2D eigenvalue weighted by atomic mass is 35.5. The summed E-state index contributed by atoms with van der Waals surface area (Å²) in [6.45, 7) is 1.95. The van der Waals surface area contributed by atoms with E-state index in [1.807, 2.05) is 49.4 Å². The quantitative estimate of drug-likeness (QED) is 0.634. The molecule has 1 aromatic heterocycles. The summed E-state index contributed by atoms with van der Waals surface area (Å²) >= 11 is 11.3. The van der Waals surface area contributed by atoms with E-state index in [2.05, 4.69) is 10.6 Å². The fourth-order valence-electron chi connectivity index (χ4n) is 2.30. The number of hydrogen-bond acceptors (Lipinski definition) is 3. The fourth-order valence-corrected chi connectivity index (χ4v) is 2.73. The predicted molar refractivity (Wildman–Crippen MR) is 104 cm³/mol. The van der Waals surface area contributed by atoms with Crippen molar-refractivity contribution in [3.63, 3.8) is 0 Å². The molecule has 2 aromatic carbocycles. The van der Waals surface area contributed by atoms with Gasteiger partial charge in [0.05, 0.1) is 5.02 Å². The van der Waals surface area contributed by atoms with Crippen LogP contribution in [0.2, 0.25) is 5.02 Å². The summed E-state index contributed by atoms with van der Waals surface area (Å²) in [5, 5.41) is 6.36. The van der Waals surface area contributed by atoms with Crippen molar-refractivity contribution in [2.45, 2.75) is 6.92 Å². The van der Waals surface area contributed by atoms with Crippen molar-refractivity contribution in [1.82, 2.24) is 5.32 Å². The Morgan fingerprint density at radius 3 is 2.52 bits per heavy atom. The number of carbonyl (C=O) groups excluding carboxylic acids is 1. The SMILES string of the molecule is Cc1ccccc1NC(=S)NC(=O)c1ccc(-c2ccccc2Cl)o1. The number of anilines is 1. The Hall–Kier alpha value is -2.63. The van der Waals surface area contributed by atoms with Crippen LogP contribution in [0.1, 0.15) is 16.1 Å². The molecule has 3 aromatic rings. The lowest BCUT2D eigenvalue weighted by Crippen LogP contribution is -2.34. The average molecular weight is 371 g/mol. The van der Waals surface area contributed by atoms with Gasteiger partial charge in [0.25, 0.3) is 5.91 Å². The van der Waals surface area contributed by atoms with Crippen LogP contribution < -0.4 is 10.6 Å². The molecule has 0 atom stereocenters. The maximum absolute atomic E-state index is 12.3. The van der Waals surface area contributed by atoms with Crippen LogP contribution in [-0.2, 0) is 0 Å². The molecule has 0 aliphatic rings. The van der Waals surface area contributed by atoms with Crippen molar-refractivity contribution in [2.75, 3.05) is 5.32 Å². The lowest BCUT2D eigenvalue weighted by atomic mass is 10.2. The van der Waals surface area contributed by atoms with Gasteiger partial charge in [0.15, 0.2) is 10.9 Å². The van der Waals surface area contributed by atoms with E-state index in [-0.39, 0.29) is 10.9 Å². The lowest BCUT2D eigenvalue weighted by molar-refractivity contribution is 0.0951. The number of furan rings is 1. The summed E-state index contributed by atoms with van der Waals surface area (Å²) in [5.41, 5.74) is 2.59. The maximum atomic E-state index is 12.3. The summed E-state index contributed by atoms with van der Waals surface area (Å²) in [5.74, 6) is 0.252. The summed E-state index contributed by atoms with van der Waals surface area (Å²) in [7, 11) is 0. The first-order valence-corrected chi connectivity index (χ1v) is 8.36. The summed E-state index contributed by atoms with van der Waals surface area (Å²) in [6.07, 6.45) is 0. The van der Waals surface area contributed by atoms with Crippen LogP contribution in [-0.4, -0.2) is 11.0 Å². The van der Waals surface area contributed by atoms with Gasteiger partial charge in [0.1, 0.15) is 5.76 Å². The molecule has 1 heterocycles. The van der Waals surface area contributed by atoms with Gasteiger partial charge in [-0.1, -0.05) is 41.9 Å². The minimum atomic E-state index is -0.426. The summed E-state index contributed by atoms with van der Waals surface area (Å²) in [6, 6.07) is 18.2. The Balaban J connectivity index is 1.69. The Kier molecular flexibility index (Phi) is 5.16. The van der Waals surface area contributed by atoms with Gasteiger partial charge in [-0.2, -0.15) is 0 Å². The van der Waals surface area contributed by atoms with Gasteiger partial charge in [-0.25, -0.2) is 0 Å². The molecule has 126 valence electrons. The van der Waals surface area contributed by atoms with Gasteiger partial charge in [0.2, 0.25) is 0 Å². The molecule has 25 heavy (non-hydrogen) atoms. The van der Waals surface area contributed by atoms with Crippen molar-refractivity contribution in [2.24, 2.45) is 0 Å².